The maximum Gasteiger partial charge on any atom is 0.254 e. The maximum atomic E-state index is 13.2. The third kappa shape index (κ3) is 2.63. The third-order valence-electron chi connectivity index (χ3n) is 5.46. The van der Waals surface area contributed by atoms with Crippen LogP contribution in [0, 0.1) is 12.8 Å². The van der Waals surface area contributed by atoms with Crippen LogP contribution in [0.3, 0.4) is 0 Å². The summed E-state index contributed by atoms with van der Waals surface area (Å²) in [5.41, 5.74) is 3.78. The molecular weight excluding hydrogens is 346 g/mol. The largest absolute Gasteiger partial charge is 0.335 e. The van der Waals surface area contributed by atoms with Gasteiger partial charge >= 0.3 is 0 Å². The second kappa shape index (κ2) is 6.02. The second-order valence-corrected chi connectivity index (χ2v) is 8.21. The highest BCUT2D eigenvalue weighted by atomic mass is 32.1. The molecule has 6 nitrogen and oxygen atoms in total. The summed E-state index contributed by atoms with van der Waals surface area (Å²) in [7, 11) is 0. The summed E-state index contributed by atoms with van der Waals surface area (Å²) in [5.74, 6) is 0.813. The number of carbonyl (C=O) groups is 1. The van der Waals surface area contributed by atoms with Gasteiger partial charge < -0.3 is 4.90 Å². The van der Waals surface area contributed by atoms with Crippen LogP contribution in [0.25, 0.3) is 16.1 Å². The molecule has 2 aliphatic rings. The first-order valence-corrected chi connectivity index (χ1v) is 9.80. The average Bonchev–Trinajstić information content (AvgIpc) is 3.44. The molecule has 0 radical (unpaired) electrons. The number of carbonyl (C=O) groups excluding carboxylic acids is 1. The van der Waals surface area contributed by atoms with Gasteiger partial charge in [0.1, 0.15) is 6.33 Å². The molecule has 1 saturated heterocycles. The number of rotatable bonds is 3. The van der Waals surface area contributed by atoms with Crippen LogP contribution in [0.1, 0.15) is 35.2 Å². The molecule has 0 unspecified atom stereocenters. The third-order valence-corrected chi connectivity index (χ3v) is 6.56. The van der Waals surface area contributed by atoms with Gasteiger partial charge in [-0.15, -0.1) is 16.4 Å². The zero-order chi connectivity index (χ0) is 17.7. The van der Waals surface area contributed by atoms with Gasteiger partial charge in [0, 0.05) is 23.0 Å². The van der Waals surface area contributed by atoms with Crippen molar-refractivity contribution < 1.29 is 4.79 Å². The molecular formula is C19H19N5OS. The number of benzene rings is 1. The highest BCUT2D eigenvalue weighted by Gasteiger charge is 2.40. The van der Waals surface area contributed by atoms with E-state index in [1.165, 1.54) is 12.0 Å². The summed E-state index contributed by atoms with van der Waals surface area (Å²) < 4.78 is 1.61. The summed E-state index contributed by atoms with van der Waals surface area (Å²) in [6.45, 7) is 2.98. The molecule has 3 aromatic rings. The Morgan fingerprint density at radius 3 is 2.81 bits per heavy atom. The monoisotopic (exact) mass is 365 g/mol. The molecule has 1 aliphatic carbocycles. The molecule has 1 saturated carbocycles. The SMILES string of the molecule is Cc1csc(-c2cc(C(=O)N3C[C@H]4CC[C@H]3C4)cc(-n3cnnn3)c2)c1. The van der Waals surface area contributed by atoms with E-state index >= 15 is 0 Å². The van der Waals surface area contributed by atoms with Crippen LogP contribution >= 0.6 is 11.3 Å². The predicted octanol–water partition coefficient (Wildman–Crippen LogP) is 3.32. The van der Waals surface area contributed by atoms with Gasteiger partial charge in [-0.05, 0) is 83.3 Å². The van der Waals surface area contributed by atoms with Gasteiger partial charge in [0.25, 0.3) is 5.91 Å². The molecule has 1 aromatic carbocycles. The van der Waals surface area contributed by atoms with Crippen molar-refractivity contribution in [2.75, 3.05) is 6.54 Å². The first-order chi connectivity index (χ1) is 12.7. The van der Waals surface area contributed by atoms with E-state index in [0.29, 0.717) is 17.5 Å². The minimum absolute atomic E-state index is 0.127. The smallest absolute Gasteiger partial charge is 0.254 e. The molecule has 132 valence electrons. The van der Waals surface area contributed by atoms with Gasteiger partial charge in [0.05, 0.1) is 5.69 Å². The van der Waals surface area contributed by atoms with Crippen molar-refractivity contribution >= 4 is 17.2 Å². The zero-order valence-corrected chi connectivity index (χ0v) is 15.3. The normalized spacial score (nSPS) is 21.5. The Labute approximate surface area is 155 Å². The Bertz CT molecular complexity index is 964. The van der Waals surface area contributed by atoms with Crippen molar-refractivity contribution in [1.82, 2.24) is 25.1 Å². The van der Waals surface area contributed by atoms with Gasteiger partial charge in [0.2, 0.25) is 0 Å². The quantitative estimate of drug-likeness (QED) is 0.714. The summed E-state index contributed by atoms with van der Waals surface area (Å²) in [6.07, 6.45) is 5.12. The number of hydrogen-bond acceptors (Lipinski definition) is 5. The number of tetrazole rings is 1. The van der Waals surface area contributed by atoms with Gasteiger partial charge in [0.15, 0.2) is 0 Å². The van der Waals surface area contributed by atoms with Crippen LogP contribution in [0.15, 0.2) is 36.0 Å². The number of nitrogens with zero attached hydrogens (tertiary/aromatic N) is 5. The van der Waals surface area contributed by atoms with E-state index in [1.807, 2.05) is 18.2 Å². The highest BCUT2D eigenvalue weighted by molar-refractivity contribution is 7.13. The number of piperidine rings is 1. The Hall–Kier alpha value is -2.54. The van der Waals surface area contributed by atoms with Crippen molar-refractivity contribution in [2.45, 2.75) is 32.2 Å². The molecule has 2 aromatic heterocycles. The topological polar surface area (TPSA) is 63.9 Å². The lowest BCUT2D eigenvalue weighted by molar-refractivity contribution is 0.0703. The van der Waals surface area contributed by atoms with Gasteiger partial charge in [-0.25, -0.2) is 4.68 Å². The van der Waals surface area contributed by atoms with Crippen molar-refractivity contribution in [2.24, 2.45) is 5.92 Å². The van der Waals surface area contributed by atoms with Crippen LogP contribution in [0.5, 0.6) is 0 Å². The first-order valence-electron chi connectivity index (χ1n) is 8.92. The van der Waals surface area contributed by atoms with Gasteiger partial charge in [-0.2, -0.15) is 0 Å². The lowest BCUT2D eigenvalue weighted by Gasteiger charge is -2.27. The fourth-order valence-corrected chi connectivity index (χ4v) is 5.10. The molecule has 0 N–H and O–H groups in total. The number of aryl methyl sites for hydroxylation is 1. The van der Waals surface area contributed by atoms with Crippen LogP contribution in [-0.2, 0) is 0 Å². The van der Waals surface area contributed by atoms with E-state index in [1.54, 1.807) is 22.3 Å². The van der Waals surface area contributed by atoms with E-state index < -0.39 is 0 Å². The Kier molecular flexibility index (Phi) is 3.63. The minimum Gasteiger partial charge on any atom is -0.335 e. The van der Waals surface area contributed by atoms with Crippen molar-refractivity contribution in [3.63, 3.8) is 0 Å². The van der Waals surface area contributed by atoms with Gasteiger partial charge in [-0.1, -0.05) is 0 Å². The molecule has 2 bridgehead atoms. The molecule has 0 spiro atoms. The molecule has 2 fully saturated rings. The van der Waals surface area contributed by atoms with Crippen LogP contribution in [0.2, 0.25) is 0 Å². The van der Waals surface area contributed by atoms with E-state index in [-0.39, 0.29) is 5.91 Å². The number of hydrogen-bond donors (Lipinski definition) is 0. The zero-order valence-electron chi connectivity index (χ0n) is 14.5. The summed E-state index contributed by atoms with van der Waals surface area (Å²) in [4.78, 5) is 16.4. The molecule has 7 heteroatoms. The van der Waals surface area contributed by atoms with Crippen LogP contribution in [0.4, 0.5) is 0 Å². The molecule has 2 atom stereocenters. The fraction of sp³-hybridized carbons (Fsp3) is 0.368. The summed E-state index contributed by atoms with van der Waals surface area (Å²) in [6, 6.07) is 8.50. The van der Waals surface area contributed by atoms with Crippen molar-refractivity contribution in [3.8, 4) is 16.1 Å². The van der Waals surface area contributed by atoms with E-state index in [0.717, 1.165) is 35.5 Å². The number of thiophene rings is 1. The molecule has 5 rings (SSSR count). The van der Waals surface area contributed by atoms with E-state index in [4.69, 9.17) is 0 Å². The van der Waals surface area contributed by atoms with Gasteiger partial charge in [-0.3, -0.25) is 4.79 Å². The summed E-state index contributed by atoms with van der Waals surface area (Å²) >= 11 is 1.69. The lowest BCUT2D eigenvalue weighted by atomic mass is 10.0. The average molecular weight is 365 g/mol. The van der Waals surface area contributed by atoms with Crippen LogP contribution in [-0.4, -0.2) is 43.6 Å². The van der Waals surface area contributed by atoms with Crippen molar-refractivity contribution in [3.05, 3.63) is 47.1 Å². The summed E-state index contributed by atoms with van der Waals surface area (Å²) in [5, 5.41) is 13.6. The number of amides is 1. The Balaban J connectivity index is 1.58. The second-order valence-electron chi connectivity index (χ2n) is 7.30. The lowest BCUT2D eigenvalue weighted by Crippen LogP contribution is -2.37. The van der Waals surface area contributed by atoms with E-state index in [2.05, 4.69) is 38.8 Å². The first kappa shape index (κ1) is 15.7. The minimum atomic E-state index is 0.127. The number of aromatic nitrogens is 4. The molecule has 1 amide bonds. The predicted molar refractivity (Wildman–Crippen MR) is 99.4 cm³/mol. The standard InChI is InChI=1S/C19H19N5OS/c1-12-4-18(26-10-12)14-6-15(8-17(7-14)24-11-20-21-22-24)19(25)23-9-13-2-3-16(23)5-13/h4,6-8,10-11,13,16H,2-3,5,9H2,1H3/t13-,16-/m0/s1. The maximum absolute atomic E-state index is 13.2. The number of likely N-dealkylation sites (tertiary alicyclic amines) is 1. The number of fused-ring (bicyclic) bond motifs is 2. The Morgan fingerprint density at radius 1 is 1.23 bits per heavy atom. The van der Waals surface area contributed by atoms with Crippen molar-refractivity contribution in [1.29, 1.82) is 0 Å². The van der Waals surface area contributed by atoms with E-state index in [9.17, 15) is 4.79 Å². The highest BCUT2D eigenvalue weighted by Crippen LogP contribution is 2.38. The molecule has 1 aliphatic heterocycles. The Morgan fingerprint density at radius 2 is 2.15 bits per heavy atom. The fourth-order valence-electron chi connectivity index (χ4n) is 4.21. The van der Waals surface area contributed by atoms with Crippen LogP contribution < -0.4 is 0 Å². The molecule has 3 heterocycles. The molecule has 26 heavy (non-hydrogen) atoms.